The number of alkyl carbamates (subject to hydrolysis) is 1. The van der Waals surface area contributed by atoms with Crippen LogP contribution >= 0.6 is 11.6 Å². The number of hydrogen-bond donors (Lipinski definition) is 2. The summed E-state index contributed by atoms with van der Waals surface area (Å²) in [6.45, 7) is 7.78. The number of carbonyl (C=O) groups excluding carboxylic acids is 2. The van der Waals surface area contributed by atoms with Crippen LogP contribution in [0.2, 0.25) is 0 Å². The lowest BCUT2D eigenvalue weighted by atomic mass is 9.99. The average Bonchev–Trinajstić information content (AvgIpc) is 2.09. The van der Waals surface area contributed by atoms with Crippen LogP contribution < -0.4 is 5.32 Å². The molecule has 0 aliphatic rings. The highest BCUT2D eigenvalue weighted by Crippen LogP contribution is 2.13. The Morgan fingerprint density at radius 2 is 1.78 bits per heavy atom. The summed E-state index contributed by atoms with van der Waals surface area (Å²) >= 11 is 5.26. The van der Waals surface area contributed by atoms with Gasteiger partial charge < -0.3 is 19.9 Å². The molecule has 18 heavy (non-hydrogen) atoms. The summed E-state index contributed by atoms with van der Waals surface area (Å²) in [7, 11) is 0. The molecule has 0 unspecified atom stereocenters. The minimum atomic E-state index is -1.50. The maximum Gasteiger partial charge on any atom is 0.408 e. The predicted molar refractivity (Wildman–Crippen MR) is 66.3 cm³/mol. The normalized spacial score (nSPS) is 13.7. The quantitative estimate of drug-likeness (QED) is 0.601. The first-order valence-corrected chi connectivity index (χ1v) is 5.95. The van der Waals surface area contributed by atoms with Gasteiger partial charge in [-0.05, 0) is 34.6 Å². The Bertz CT molecular complexity index is 306. The number of nitrogens with one attached hydrogen (secondary N) is 1. The molecule has 1 atom stereocenters. The molecule has 2 N–H and O–H groups in total. The van der Waals surface area contributed by atoms with Gasteiger partial charge >= 0.3 is 12.1 Å². The van der Waals surface area contributed by atoms with Crippen LogP contribution in [0.5, 0.6) is 0 Å². The molecule has 6 nitrogen and oxygen atoms in total. The van der Waals surface area contributed by atoms with Crippen LogP contribution in [0.25, 0.3) is 0 Å². The van der Waals surface area contributed by atoms with E-state index in [1.165, 1.54) is 13.8 Å². The van der Waals surface area contributed by atoms with Gasteiger partial charge in [0.2, 0.25) is 0 Å². The molecule has 0 aromatic heterocycles. The Kier molecular flexibility index (Phi) is 5.89. The number of rotatable bonds is 4. The van der Waals surface area contributed by atoms with Crippen molar-refractivity contribution < 1.29 is 24.2 Å². The highest BCUT2D eigenvalue weighted by atomic mass is 35.5. The zero-order valence-electron chi connectivity index (χ0n) is 11.2. The number of aliphatic hydroxyl groups is 1. The highest BCUT2D eigenvalue weighted by Gasteiger charge is 2.37. The lowest BCUT2D eigenvalue weighted by Gasteiger charge is -2.29. The summed E-state index contributed by atoms with van der Waals surface area (Å²) in [6, 6.07) is -1.62. The van der Waals surface area contributed by atoms with Gasteiger partial charge in [-0.2, -0.15) is 0 Å². The van der Waals surface area contributed by atoms with Gasteiger partial charge in [-0.3, -0.25) is 0 Å². The van der Waals surface area contributed by atoms with Crippen LogP contribution in [0.3, 0.4) is 0 Å². The van der Waals surface area contributed by atoms with E-state index in [0.717, 1.165) is 0 Å². The van der Waals surface area contributed by atoms with E-state index in [1.54, 1.807) is 20.8 Å². The number of hydrogen-bond acceptors (Lipinski definition) is 5. The van der Waals surface area contributed by atoms with Crippen molar-refractivity contribution in [3.63, 3.8) is 0 Å². The first-order valence-electron chi connectivity index (χ1n) is 5.42. The number of ether oxygens (including phenoxy) is 2. The Hall–Kier alpha value is -1.01. The average molecular weight is 282 g/mol. The Labute approximate surface area is 112 Å². The van der Waals surface area contributed by atoms with E-state index in [0.29, 0.717) is 0 Å². The minimum absolute atomic E-state index is 0.360. The summed E-state index contributed by atoms with van der Waals surface area (Å²) in [5, 5.41) is 12.1. The minimum Gasteiger partial charge on any atom is -0.448 e. The fraction of sp³-hybridized carbons (Fsp3) is 0.818. The maximum atomic E-state index is 11.6. The number of carbonyl (C=O) groups is 2. The Morgan fingerprint density at radius 1 is 1.28 bits per heavy atom. The molecule has 0 fully saturated rings. The first-order chi connectivity index (χ1) is 7.97. The van der Waals surface area contributed by atoms with Gasteiger partial charge in [0.25, 0.3) is 0 Å². The summed E-state index contributed by atoms with van der Waals surface area (Å²) in [5.41, 5.74) is -2.20. The van der Waals surface area contributed by atoms with Crippen molar-refractivity contribution in [2.75, 3.05) is 6.07 Å². The van der Waals surface area contributed by atoms with Gasteiger partial charge in [-0.25, -0.2) is 9.59 Å². The van der Waals surface area contributed by atoms with E-state index in [4.69, 9.17) is 16.3 Å². The molecule has 0 bridgehead atoms. The van der Waals surface area contributed by atoms with Crippen molar-refractivity contribution in [2.45, 2.75) is 51.9 Å². The van der Waals surface area contributed by atoms with E-state index in [-0.39, 0.29) is 6.07 Å². The van der Waals surface area contributed by atoms with Crippen LogP contribution in [-0.2, 0) is 14.3 Å². The lowest BCUT2D eigenvalue weighted by molar-refractivity contribution is -0.150. The second-order valence-electron chi connectivity index (χ2n) is 5.31. The molecule has 0 rings (SSSR count). The molecule has 106 valence electrons. The molecule has 7 heteroatoms. The summed E-state index contributed by atoms with van der Waals surface area (Å²) in [5.74, 6) is -0.830. The smallest absolute Gasteiger partial charge is 0.408 e. The molecule has 0 heterocycles. The van der Waals surface area contributed by atoms with Gasteiger partial charge in [-0.15, -0.1) is 0 Å². The zero-order chi connectivity index (χ0) is 14.6. The SMILES string of the molecule is CC(C)(C)OC(=O)N[C@H](C(=O)OCCl)C(C)(C)O. The molecular weight excluding hydrogens is 262 g/mol. The molecule has 0 saturated carbocycles. The van der Waals surface area contributed by atoms with Gasteiger partial charge in [0, 0.05) is 0 Å². The third-order valence-electron chi connectivity index (χ3n) is 1.80. The molecule has 0 aliphatic heterocycles. The number of amides is 1. The van der Waals surface area contributed by atoms with E-state index in [9.17, 15) is 14.7 Å². The molecule has 0 aliphatic carbocycles. The summed E-state index contributed by atoms with van der Waals surface area (Å²) < 4.78 is 9.55. The third kappa shape index (κ3) is 6.66. The van der Waals surface area contributed by atoms with E-state index in [2.05, 4.69) is 10.1 Å². The van der Waals surface area contributed by atoms with Crippen LogP contribution in [-0.4, -0.2) is 40.5 Å². The highest BCUT2D eigenvalue weighted by molar-refractivity contribution is 6.17. The molecule has 1 amide bonds. The van der Waals surface area contributed by atoms with Crippen molar-refractivity contribution in [3.05, 3.63) is 0 Å². The van der Waals surface area contributed by atoms with Crippen molar-refractivity contribution in [2.24, 2.45) is 0 Å². The van der Waals surface area contributed by atoms with Crippen LogP contribution in [0.1, 0.15) is 34.6 Å². The standard InChI is InChI=1S/C11H20ClNO5/c1-10(2,3)18-9(15)13-7(11(4,5)16)8(14)17-6-12/h7,16H,6H2,1-5H3,(H,13,15)/t7-/m1/s1. The first kappa shape index (κ1) is 17.0. The largest absolute Gasteiger partial charge is 0.448 e. The van der Waals surface area contributed by atoms with Crippen molar-refractivity contribution in [1.82, 2.24) is 5.32 Å². The van der Waals surface area contributed by atoms with Gasteiger partial charge in [-0.1, -0.05) is 11.6 Å². The molecule has 0 aromatic carbocycles. The summed E-state index contributed by atoms with van der Waals surface area (Å²) in [4.78, 5) is 23.1. The van der Waals surface area contributed by atoms with Crippen LogP contribution in [0.15, 0.2) is 0 Å². The molecule has 0 spiro atoms. The zero-order valence-corrected chi connectivity index (χ0v) is 12.0. The molecular formula is C11H20ClNO5. The molecule has 0 radical (unpaired) electrons. The second kappa shape index (κ2) is 6.24. The van der Waals surface area contributed by atoms with E-state index < -0.39 is 29.3 Å². The van der Waals surface area contributed by atoms with Gasteiger partial charge in [0.1, 0.15) is 5.60 Å². The van der Waals surface area contributed by atoms with Gasteiger partial charge in [0.05, 0.1) is 5.60 Å². The number of halogens is 1. The van der Waals surface area contributed by atoms with Crippen molar-refractivity contribution in [3.8, 4) is 0 Å². The van der Waals surface area contributed by atoms with Crippen LogP contribution in [0.4, 0.5) is 4.79 Å². The van der Waals surface area contributed by atoms with Crippen molar-refractivity contribution in [1.29, 1.82) is 0 Å². The second-order valence-corrected chi connectivity index (χ2v) is 5.52. The number of esters is 1. The summed E-state index contributed by atoms with van der Waals surface area (Å²) in [6.07, 6.45) is -0.818. The molecule has 0 aromatic rings. The van der Waals surface area contributed by atoms with E-state index in [1.807, 2.05) is 0 Å². The monoisotopic (exact) mass is 281 g/mol. The van der Waals surface area contributed by atoms with E-state index >= 15 is 0 Å². The third-order valence-corrected chi connectivity index (χ3v) is 1.91. The van der Waals surface area contributed by atoms with Crippen molar-refractivity contribution >= 4 is 23.7 Å². The number of alkyl halides is 1. The molecule has 0 saturated heterocycles. The maximum absolute atomic E-state index is 11.6. The fourth-order valence-corrected chi connectivity index (χ4v) is 1.19. The Morgan fingerprint density at radius 3 is 2.11 bits per heavy atom. The topological polar surface area (TPSA) is 84.9 Å². The predicted octanol–water partition coefficient (Wildman–Crippen LogP) is 1.39. The lowest BCUT2D eigenvalue weighted by Crippen LogP contribution is -2.55. The van der Waals surface area contributed by atoms with Gasteiger partial charge in [0.15, 0.2) is 12.1 Å². The fourth-order valence-electron chi connectivity index (χ4n) is 1.09. The van der Waals surface area contributed by atoms with Crippen LogP contribution in [0, 0.1) is 0 Å². The Balaban J connectivity index is 4.72.